The molecule has 1 saturated carbocycles. The van der Waals surface area contributed by atoms with Crippen LogP contribution < -0.4 is 5.73 Å². The second-order valence-electron chi connectivity index (χ2n) is 4.69. The molecule has 2 rings (SSSR count). The Hall–Kier alpha value is -0.470. The highest BCUT2D eigenvalue weighted by atomic mass is 32.2. The van der Waals surface area contributed by atoms with Crippen LogP contribution in [0.4, 0.5) is 0 Å². The van der Waals surface area contributed by atoms with Gasteiger partial charge in [-0.2, -0.15) is 11.8 Å². The van der Waals surface area contributed by atoms with Crippen LogP contribution in [0.3, 0.4) is 0 Å². The smallest absolute Gasteiger partial charge is 0.0171 e. The van der Waals surface area contributed by atoms with Crippen molar-refractivity contribution in [2.45, 2.75) is 43.4 Å². The van der Waals surface area contributed by atoms with Gasteiger partial charge in [-0.15, -0.1) is 0 Å². The Morgan fingerprint density at radius 2 is 1.88 bits per heavy atom. The average molecular weight is 235 g/mol. The zero-order chi connectivity index (χ0) is 11.2. The fourth-order valence-corrected chi connectivity index (χ4v) is 3.59. The van der Waals surface area contributed by atoms with Crippen molar-refractivity contribution in [2.24, 2.45) is 5.73 Å². The van der Waals surface area contributed by atoms with Gasteiger partial charge in [0, 0.05) is 17.0 Å². The normalized spacial score (nSPS) is 18.8. The van der Waals surface area contributed by atoms with E-state index in [0.717, 1.165) is 17.4 Å². The van der Waals surface area contributed by atoms with Gasteiger partial charge in [-0.05, 0) is 24.8 Å². The van der Waals surface area contributed by atoms with Crippen molar-refractivity contribution >= 4 is 11.8 Å². The fourth-order valence-electron chi connectivity index (χ4n) is 2.29. The number of hydrogen-bond donors (Lipinski definition) is 1. The summed E-state index contributed by atoms with van der Waals surface area (Å²) in [5.74, 6) is 1.11. The Balaban J connectivity index is 1.69. The number of hydrogen-bond acceptors (Lipinski definition) is 2. The minimum atomic E-state index is 0.313. The maximum absolute atomic E-state index is 6.16. The molecule has 16 heavy (non-hydrogen) atoms. The topological polar surface area (TPSA) is 26.0 Å². The molecule has 88 valence electrons. The van der Waals surface area contributed by atoms with E-state index >= 15 is 0 Å². The van der Waals surface area contributed by atoms with E-state index in [9.17, 15) is 0 Å². The van der Waals surface area contributed by atoms with E-state index in [0.29, 0.717) is 6.04 Å². The molecule has 0 aliphatic heterocycles. The first-order chi connectivity index (χ1) is 7.84. The molecule has 1 aromatic carbocycles. The van der Waals surface area contributed by atoms with E-state index in [2.05, 4.69) is 42.1 Å². The average Bonchev–Trinajstić information content (AvgIpc) is 2.81. The molecule has 2 heteroatoms. The minimum absolute atomic E-state index is 0.313. The molecular weight excluding hydrogens is 214 g/mol. The van der Waals surface area contributed by atoms with Crippen LogP contribution in [0.2, 0.25) is 0 Å². The number of benzene rings is 1. The van der Waals surface area contributed by atoms with Crippen molar-refractivity contribution in [3.05, 3.63) is 35.9 Å². The van der Waals surface area contributed by atoms with Crippen molar-refractivity contribution < 1.29 is 0 Å². The number of rotatable bonds is 5. The van der Waals surface area contributed by atoms with E-state index in [1.54, 1.807) is 0 Å². The third kappa shape index (κ3) is 3.84. The van der Waals surface area contributed by atoms with Crippen LogP contribution in [0.1, 0.15) is 31.2 Å². The van der Waals surface area contributed by atoms with E-state index < -0.39 is 0 Å². The molecule has 0 saturated heterocycles. The molecule has 0 amide bonds. The Labute approximate surface area is 103 Å². The molecule has 2 N–H and O–H groups in total. The summed E-state index contributed by atoms with van der Waals surface area (Å²) in [4.78, 5) is 0. The van der Waals surface area contributed by atoms with Crippen molar-refractivity contribution in [2.75, 3.05) is 5.75 Å². The second kappa shape index (κ2) is 6.31. The summed E-state index contributed by atoms with van der Waals surface area (Å²) >= 11 is 2.09. The van der Waals surface area contributed by atoms with Gasteiger partial charge in [0.15, 0.2) is 0 Å². The first kappa shape index (κ1) is 12.0. The molecule has 0 radical (unpaired) electrons. The highest BCUT2D eigenvalue weighted by Crippen LogP contribution is 2.29. The zero-order valence-corrected chi connectivity index (χ0v) is 10.6. The lowest BCUT2D eigenvalue weighted by Gasteiger charge is -2.14. The van der Waals surface area contributed by atoms with E-state index in [1.165, 1.54) is 31.2 Å². The number of nitrogens with two attached hydrogens (primary N) is 1. The van der Waals surface area contributed by atoms with Gasteiger partial charge < -0.3 is 5.73 Å². The molecule has 1 fully saturated rings. The van der Waals surface area contributed by atoms with Gasteiger partial charge in [0.25, 0.3) is 0 Å². The molecule has 1 unspecified atom stereocenters. The Kier molecular flexibility index (Phi) is 4.73. The van der Waals surface area contributed by atoms with Crippen LogP contribution in [0.15, 0.2) is 30.3 Å². The maximum Gasteiger partial charge on any atom is 0.0171 e. The first-order valence-corrected chi connectivity index (χ1v) is 7.30. The standard InChI is InChI=1S/C14H21NS/c15-13(10-12-6-2-1-3-7-12)11-16-14-8-4-5-9-14/h1-3,6-7,13-14H,4-5,8-11,15H2. The summed E-state index contributed by atoms with van der Waals surface area (Å²) in [6.07, 6.45) is 6.67. The van der Waals surface area contributed by atoms with Gasteiger partial charge in [-0.3, -0.25) is 0 Å². The maximum atomic E-state index is 6.16. The Bertz CT molecular complexity index is 293. The third-order valence-corrected chi connectivity index (χ3v) is 4.75. The first-order valence-electron chi connectivity index (χ1n) is 6.25. The highest BCUT2D eigenvalue weighted by molar-refractivity contribution is 7.99. The van der Waals surface area contributed by atoms with E-state index in [-0.39, 0.29) is 0 Å². The summed E-state index contributed by atoms with van der Waals surface area (Å²) in [7, 11) is 0. The molecule has 1 nitrogen and oxygen atoms in total. The van der Waals surface area contributed by atoms with Crippen LogP contribution in [0, 0.1) is 0 Å². The Morgan fingerprint density at radius 1 is 1.19 bits per heavy atom. The van der Waals surface area contributed by atoms with Gasteiger partial charge in [-0.1, -0.05) is 43.2 Å². The molecule has 1 aromatic rings. The summed E-state index contributed by atoms with van der Waals surface area (Å²) in [6, 6.07) is 10.9. The molecule has 1 aliphatic carbocycles. The molecule has 0 spiro atoms. The lowest BCUT2D eigenvalue weighted by atomic mass is 10.1. The molecule has 0 aromatic heterocycles. The molecule has 1 aliphatic rings. The minimum Gasteiger partial charge on any atom is -0.327 e. The SMILES string of the molecule is NC(CSC1CCCC1)Cc1ccccc1. The van der Waals surface area contributed by atoms with Crippen LogP contribution in [0.5, 0.6) is 0 Å². The van der Waals surface area contributed by atoms with Gasteiger partial charge in [0.1, 0.15) is 0 Å². The zero-order valence-electron chi connectivity index (χ0n) is 9.77. The number of thioether (sulfide) groups is 1. The van der Waals surface area contributed by atoms with Gasteiger partial charge in [-0.25, -0.2) is 0 Å². The predicted octanol–water partition coefficient (Wildman–Crippen LogP) is 3.23. The van der Waals surface area contributed by atoms with Crippen LogP contribution in [-0.4, -0.2) is 17.0 Å². The second-order valence-corrected chi connectivity index (χ2v) is 6.02. The van der Waals surface area contributed by atoms with E-state index in [4.69, 9.17) is 5.73 Å². The molecule has 0 bridgehead atoms. The van der Waals surface area contributed by atoms with Crippen LogP contribution >= 0.6 is 11.8 Å². The van der Waals surface area contributed by atoms with Crippen molar-refractivity contribution in [1.82, 2.24) is 0 Å². The summed E-state index contributed by atoms with van der Waals surface area (Å²) < 4.78 is 0. The quantitative estimate of drug-likeness (QED) is 0.848. The highest BCUT2D eigenvalue weighted by Gasteiger charge is 2.16. The molecule has 0 heterocycles. The largest absolute Gasteiger partial charge is 0.327 e. The van der Waals surface area contributed by atoms with Crippen molar-refractivity contribution in [3.8, 4) is 0 Å². The summed E-state index contributed by atoms with van der Waals surface area (Å²) in [5.41, 5.74) is 7.53. The van der Waals surface area contributed by atoms with Gasteiger partial charge in [0.2, 0.25) is 0 Å². The van der Waals surface area contributed by atoms with Crippen molar-refractivity contribution in [3.63, 3.8) is 0 Å². The third-order valence-electron chi connectivity index (χ3n) is 3.19. The summed E-state index contributed by atoms with van der Waals surface area (Å²) in [5, 5.41) is 0.891. The lowest BCUT2D eigenvalue weighted by molar-refractivity contribution is 0.744. The summed E-state index contributed by atoms with van der Waals surface area (Å²) in [6.45, 7) is 0. The van der Waals surface area contributed by atoms with E-state index in [1.807, 2.05) is 0 Å². The Morgan fingerprint density at radius 3 is 2.56 bits per heavy atom. The van der Waals surface area contributed by atoms with Crippen LogP contribution in [0.25, 0.3) is 0 Å². The fraction of sp³-hybridized carbons (Fsp3) is 0.571. The van der Waals surface area contributed by atoms with Crippen molar-refractivity contribution in [1.29, 1.82) is 0 Å². The molecule has 1 atom stereocenters. The predicted molar refractivity (Wildman–Crippen MR) is 72.8 cm³/mol. The van der Waals surface area contributed by atoms with Gasteiger partial charge in [0.05, 0.1) is 0 Å². The van der Waals surface area contributed by atoms with Gasteiger partial charge >= 0.3 is 0 Å². The van der Waals surface area contributed by atoms with Crippen LogP contribution in [-0.2, 0) is 6.42 Å². The molecular formula is C14H21NS. The lowest BCUT2D eigenvalue weighted by Crippen LogP contribution is -2.26. The monoisotopic (exact) mass is 235 g/mol.